The van der Waals surface area contributed by atoms with Crippen LogP contribution in [0.2, 0.25) is 0 Å². The summed E-state index contributed by atoms with van der Waals surface area (Å²) in [5, 5.41) is 2.20. The highest BCUT2D eigenvalue weighted by molar-refractivity contribution is 6.10. The molecule has 0 radical (unpaired) electrons. The first-order valence-electron chi connectivity index (χ1n) is 4.38. The van der Waals surface area contributed by atoms with Crippen molar-refractivity contribution in [2.45, 2.75) is 0 Å². The first kappa shape index (κ1) is 8.96. The lowest BCUT2D eigenvalue weighted by molar-refractivity contribution is 0.0750. The van der Waals surface area contributed by atoms with Gasteiger partial charge < -0.3 is 4.43 Å². The maximum Gasteiger partial charge on any atom is 0.324 e. The number of benzene rings is 2. The average Bonchev–Trinajstić information content (AvgIpc) is 2.27. The van der Waals surface area contributed by atoms with Crippen LogP contribution in [0.25, 0.3) is 10.8 Å². The fraction of sp³-hybridized carbons (Fsp3) is 0. The minimum absolute atomic E-state index is 0.234. The van der Waals surface area contributed by atoms with Gasteiger partial charge in [0.15, 0.2) is 0 Å². The minimum atomic E-state index is -0.234. The lowest BCUT2D eigenvalue weighted by Gasteiger charge is -2.01. The molecule has 0 saturated heterocycles. The van der Waals surface area contributed by atoms with Gasteiger partial charge in [-0.15, -0.1) is 0 Å². The van der Waals surface area contributed by atoms with E-state index in [-0.39, 0.29) is 5.97 Å². The Hall–Kier alpha value is -1.61. The third-order valence-electron chi connectivity index (χ3n) is 2.17. The number of carbonyl (C=O) groups is 1. The summed E-state index contributed by atoms with van der Waals surface area (Å²) >= 11 is 0. The summed E-state index contributed by atoms with van der Waals surface area (Å²) in [6, 6.07) is 13.5. The first-order valence-corrected chi connectivity index (χ1v) is 5.20. The van der Waals surface area contributed by atoms with Gasteiger partial charge in [0.05, 0.1) is 5.56 Å². The van der Waals surface area contributed by atoms with E-state index in [2.05, 4.69) is 0 Å². The second-order valence-electron chi connectivity index (χ2n) is 3.05. The van der Waals surface area contributed by atoms with Crippen molar-refractivity contribution in [3.05, 3.63) is 48.0 Å². The molecule has 0 spiro atoms. The van der Waals surface area contributed by atoms with E-state index < -0.39 is 0 Å². The summed E-state index contributed by atoms with van der Waals surface area (Å²) in [6.45, 7) is 0. The van der Waals surface area contributed by atoms with Gasteiger partial charge >= 0.3 is 5.97 Å². The standard InChI is InChI=1S/C11H10O2Si/c12-11(13-14)10-6-5-8-3-1-2-4-9(8)7-10/h1-7H,14H3. The van der Waals surface area contributed by atoms with E-state index in [9.17, 15) is 4.79 Å². The SMILES string of the molecule is O=C(O[SiH3])c1ccc2ccccc2c1. The smallest absolute Gasteiger partial charge is 0.324 e. The van der Waals surface area contributed by atoms with E-state index >= 15 is 0 Å². The van der Waals surface area contributed by atoms with Crippen LogP contribution in [0.15, 0.2) is 42.5 Å². The second-order valence-corrected chi connectivity index (χ2v) is 3.46. The van der Waals surface area contributed by atoms with Crippen LogP contribution in [0.3, 0.4) is 0 Å². The van der Waals surface area contributed by atoms with Gasteiger partial charge in [0.25, 0.3) is 0 Å². The Balaban J connectivity index is 2.56. The molecule has 0 amide bonds. The van der Waals surface area contributed by atoms with Gasteiger partial charge in [0.1, 0.15) is 0 Å². The average molecular weight is 202 g/mol. The molecule has 14 heavy (non-hydrogen) atoms. The third kappa shape index (κ3) is 1.54. The van der Waals surface area contributed by atoms with Crippen molar-refractivity contribution in [1.29, 1.82) is 0 Å². The van der Waals surface area contributed by atoms with Crippen molar-refractivity contribution in [2.24, 2.45) is 0 Å². The largest absolute Gasteiger partial charge is 0.525 e. The summed E-state index contributed by atoms with van der Waals surface area (Å²) in [6.07, 6.45) is 0. The Morgan fingerprint density at radius 2 is 1.79 bits per heavy atom. The molecule has 0 heterocycles. The topological polar surface area (TPSA) is 26.3 Å². The predicted octanol–water partition coefficient (Wildman–Crippen LogP) is 1.28. The van der Waals surface area contributed by atoms with E-state index in [0.29, 0.717) is 16.0 Å². The van der Waals surface area contributed by atoms with Gasteiger partial charge in [-0.3, -0.25) is 0 Å². The molecule has 70 valence electrons. The Labute approximate surface area is 85.0 Å². The van der Waals surface area contributed by atoms with Crippen molar-refractivity contribution in [3.63, 3.8) is 0 Å². The summed E-state index contributed by atoms with van der Waals surface area (Å²) in [5.41, 5.74) is 0.624. The van der Waals surface area contributed by atoms with E-state index in [0.717, 1.165) is 10.8 Å². The van der Waals surface area contributed by atoms with E-state index in [1.807, 2.05) is 36.4 Å². The number of hydrogen-bond acceptors (Lipinski definition) is 2. The van der Waals surface area contributed by atoms with E-state index in [1.165, 1.54) is 0 Å². The van der Waals surface area contributed by atoms with Crippen LogP contribution in [-0.2, 0) is 4.43 Å². The Morgan fingerprint density at radius 1 is 1.07 bits per heavy atom. The molecule has 0 bridgehead atoms. The Bertz CT molecular complexity index is 479. The molecule has 0 fully saturated rings. The molecule has 3 heteroatoms. The normalized spacial score (nSPS) is 10.3. The van der Waals surface area contributed by atoms with Crippen LogP contribution in [0.5, 0.6) is 0 Å². The molecule has 0 aromatic heterocycles. The zero-order valence-corrected chi connectivity index (χ0v) is 9.86. The van der Waals surface area contributed by atoms with Crippen LogP contribution in [0.4, 0.5) is 0 Å². The Kier molecular flexibility index (Phi) is 2.33. The lowest BCUT2D eigenvalue weighted by atomic mass is 10.1. The van der Waals surface area contributed by atoms with Gasteiger partial charge in [-0.05, 0) is 22.9 Å². The third-order valence-corrected chi connectivity index (χ3v) is 2.54. The molecular formula is C11H10O2Si. The summed E-state index contributed by atoms with van der Waals surface area (Å²) in [7, 11) is 0.439. The molecule has 2 rings (SSSR count). The Morgan fingerprint density at radius 3 is 2.50 bits per heavy atom. The highest BCUT2D eigenvalue weighted by Gasteiger charge is 2.04. The number of hydrogen-bond donors (Lipinski definition) is 0. The summed E-state index contributed by atoms with van der Waals surface area (Å²) in [4.78, 5) is 11.3. The molecule has 0 saturated carbocycles. The fourth-order valence-corrected chi connectivity index (χ4v) is 1.67. The summed E-state index contributed by atoms with van der Waals surface area (Å²) in [5.74, 6) is -0.234. The van der Waals surface area contributed by atoms with Crippen molar-refractivity contribution in [1.82, 2.24) is 0 Å². The van der Waals surface area contributed by atoms with Crippen molar-refractivity contribution in [3.8, 4) is 0 Å². The first-order chi connectivity index (χ1) is 6.81. The second kappa shape index (κ2) is 3.63. The highest BCUT2D eigenvalue weighted by Crippen LogP contribution is 2.15. The van der Waals surface area contributed by atoms with Crippen LogP contribution >= 0.6 is 0 Å². The maximum absolute atomic E-state index is 11.3. The van der Waals surface area contributed by atoms with Gasteiger partial charge in [0.2, 0.25) is 10.5 Å². The number of rotatable bonds is 1. The molecule has 2 nitrogen and oxygen atoms in total. The molecule has 2 aromatic carbocycles. The van der Waals surface area contributed by atoms with Crippen molar-refractivity contribution >= 4 is 27.2 Å². The van der Waals surface area contributed by atoms with E-state index in [1.54, 1.807) is 6.07 Å². The van der Waals surface area contributed by atoms with Gasteiger partial charge in [0, 0.05) is 0 Å². The molecule has 0 aliphatic carbocycles. The quantitative estimate of drug-likeness (QED) is 0.651. The minimum Gasteiger partial charge on any atom is -0.525 e. The number of fused-ring (bicyclic) bond motifs is 1. The monoisotopic (exact) mass is 202 g/mol. The van der Waals surface area contributed by atoms with E-state index in [4.69, 9.17) is 4.43 Å². The molecule has 0 aliphatic rings. The molecule has 0 aliphatic heterocycles. The van der Waals surface area contributed by atoms with Crippen LogP contribution < -0.4 is 0 Å². The molecule has 0 atom stereocenters. The van der Waals surface area contributed by atoms with Crippen LogP contribution in [-0.4, -0.2) is 16.5 Å². The predicted molar refractivity (Wildman–Crippen MR) is 59.3 cm³/mol. The van der Waals surface area contributed by atoms with Gasteiger partial charge in [-0.1, -0.05) is 30.3 Å². The lowest BCUT2D eigenvalue weighted by Crippen LogP contribution is -2.01. The molecular weight excluding hydrogens is 192 g/mol. The molecule has 0 unspecified atom stereocenters. The number of carbonyl (C=O) groups excluding carboxylic acids is 1. The van der Waals surface area contributed by atoms with Crippen molar-refractivity contribution in [2.75, 3.05) is 0 Å². The highest BCUT2D eigenvalue weighted by atomic mass is 28.2. The molecule has 2 aromatic rings. The van der Waals surface area contributed by atoms with Crippen molar-refractivity contribution < 1.29 is 9.22 Å². The van der Waals surface area contributed by atoms with Gasteiger partial charge in [-0.25, -0.2) is 4.79 Å². The zero-order chi connectivity index (χ0) is 9.97. The summed E-state index contributed by atoms with van der Waals surface area (Å²) < 4.78 is 4.79. The van der Waals surface area contributed by atoms with Crippen LogP contribution in [0, 0.1) is 0 Å². The molecule has 0 N–H and O–H groups in total. The zero-order valence-electron chi connectivity index (χ0n) is 7.86. The van der Waals surface area contributed by atoms with Crippen LogP contribution in [0.1, 0.15) is 10.4 Å². The maximum atomic E-state index is 11.3. The van der Waals surface area contributed by atoms with Gasteiger partial charge in [-0.2, -0.15) is 0 Å². The fourth-order valence-electron chi connectivity index (χ4n) is 1.43.